The van der Waals surface area contributed by atoms with E-state index in [1.54, 1.807) is 32.9 Å². The molecule has 0 radical (unpaired) electrons. The van der Waals surface area contributed by atoms with E-state index >= 15 is 0 Å². The minimum absolute atomic E-state index is 0.121. The number of carbonyl (C=O) groups excluding carboxylic acids is 1. The summed E-state index contributed by atoms with van der Waals surface area (Å²) in [4.78, 5) is 11.8. The lowest BCUT2D eigenvalue weighted by atomic mass is 10.1. The smallest absolute Gasteiger partial charge is 0.412 e. The molecule has 0 bridgehead atoms. The Labute approximate surface area is 138 Å². The van der Waals surface area contributed by atoms with Crippen molar-refractivity contribution in [2.75, 3.05) is 10.6 Å². The van der Waals surface area contributed by atoms with Gasteiger partial charge in [-0.2, -0.15) is 0 Å². The largest absolute Gasteiger partial charge is 0.444 e. The highest BCUT2D eigenvalue weighted by Crippen LogP contribution is 2.22. The third-order valence-electron chi connectivity index (χ3n) is 3.25. The molecule has 0 saturated carbocycles. The molecule has 0 aliphatic rings. The first-order valence-electron chi connectivity index (χ1n) is 8.31. The summed E-state index contributed by atoms with van der Waals surface area (Å²) >= 11 is 0. The fourth-order valence-electron chi connectivity index (χ4n) is 2.35. The third kappa shape index (κ3) is 7.35. The Bertz CT molecular complexity index is 506. The van der Waals surface area contributed by atoms with Crippen LogP contribution in [0.3, 0.4) is 0 Å². The molecule has 130 valence electrons. The summed E-state index contributed by atoms with van der Waals surface area (Å²) in [6.45, 7) is 9.58. The second kappa shape index (κ2) is 8.75. The van der Waals surface area contributed by atoms with E-state index < -0.39 is 17.5 Å². The number of halogens is 1. The summed E-state index contributed by atoms with van der Waals surface area (Å²) in [7, 11) is 0. The number of hydrogen-bond acceptors (Lipinski definition) is 3. The number of nitrogens with one attached hydrogen (secondary N) is 2. The van der Waals surface area contributed by atoms with Crippen LogP contribution in [-0.4, -0.2) is 17.7 Å². The molecule has 1 aromatic rings. The first-order chi connectivity index (χ1) is 10.7. The molecule has 0 aromatic heterocycles. The predicted octanol–water partition coefficient (Wildman–Crippen LogP) is 5.55. The molecule has 0 aliphatic carbocycles. The third-order valence-corrected chi connectivity index (χ3v) is 3.25. The van der Waals surface area contributed by atoms with E-state index in [2.05, 4.69) is 24.5 Å². The maximum Gasteiger partial charge on any atom is 0.412 e. The van der Waals surface area contributed by atoms with Crippen LogP contribution < -0.4 is 10.6 Å². The van der Waals surface area contributed by atoms with Crippen molar-refractivity contribution >= 4 is 17.5 Å². The van der Waals surface area contributed by atoms with Crippen LogP contribution >= 0.6 is 0 Å². The molecule has 1 amide bonds. The number of carbonyl (C=O) groups is 1. The number of hydrogen-bond donors (Lipinski definition) is 2. The minimum Gasteiger partial charge on any atom is -0.444 e. The molecule has 0 fully saturated rings. The Morgan fingerprint density at radius 3 is 2.35 bits per heavy atom. The van der Waals surface area contributed by atoms with Crippen LogP contribution in [0.25, 0.3) is 0 Å². The topological polar surface area (TPSA) is 50.4 Å². The van der Waals surface area contributed by atoms with E-state index in [4.69, 9.17) is 4.74 Å². The molecule has 2 N–H and O–H groups in total. The van der Waals surface area contributed by atoms with Crippen molar-refractivity contribution in [3.05, 3.63) is 24.0 Å². The summed E-state index contributed by atoms with van der Waals surface area (Å²) < 4.78 is 19.1. The SMILES string of the molecule is CCCC(CCC)Nc1ccc(F)c(NC(=O)OC(C)(C)C)c1. The maximum atomic E-state index is 13.9. The molecule has 0 aliphatic heterocycles. The van der Waals surface area contributed by atoms with Crippen molar-refractivity contribution in [2.45, 2.75) is 71.9 Å². The number of anilines is 2. The Balaban J connectivity index is 2.80. The van der Waals surface area contributed by atoms with E-state index in [0.717, 1.165) is 31.4 Å². The molecule has 0 heterocycles. The highest BCUT2D eigenvalue weighted by atomic mass is 19.1. The van der Waals surface area contributed by atoms with Gasteiger partial charge in [-0.1, -0.05) is 26.7 Å². The van der Waals surface area contributed by atoms with Crippen molar-refractivity contribution in [1.29, 1.82) is 0 Å². The molecule has 0 atom stereocenters. The zero-order valence-corrected chi connectivity index (χ0v) is 14.8. The summed E-state index contributed by atoms with van der Waals surface area (Å²) in [6, 6.07) is 5.00. The molecular weight excluding hydrogens is 295 g/mol. The fraction of sp³-hybridized carbons (Fsp3) is 0.611. The van der Waals surface area contributed by atoms with Gasteiger partial charge in [-0.05, 0) is 51.8 Å². The molecule has 1 rings (SSSR count). The Hall–Kier alpha value is -1.78. The highest BCUT2D eigenvalue weighted by molar-refractivity contribution is 5.85. The summed E-state index contributed by atoms with van der Waals surface area (Å²) in [5.74, 6) is -0.482. The minimum atomic E-state index is -0.660. The maximum absolute atomic E-state index is 13.9. The summed E-state index contributed by atoms with van der Waals surface area (Å²) in [5.41, 5.74) is 0.296. The molecule has 23 heavy (non-hydrogen) atoms. The van der Waals surface area contributed by atoms with Gasteiger partial charge in [-0.3, -0.25) is 5.32 Å². The fourth-order valence-corrected chi connectivity index (χ4v) is 2.35. The van der Waals surface area contributed by atoms with Crippen LogP contribution in [0.5, 0.6) is 0 Å². The van der Waals surface area contributed by atoms with Gasteiger partial charge in [-0.25, -0.2) is 9.18 Å². The van der Waals surface area contributed by atoms with Gasteiger partial charge in [0.15, 0.2) is 0 Å². The molecule has 0 saturated heterocycles. The van der Waals surface area contributed by atoms with Crippen LogP contribution in [-0.2, 0) is 4.74 Å². The van der Waals surface area contributed by atoms with Crippen LogP contribution in [0.15, 0.2) is 18.2 Å². The van der Waals surface area contributed by atoms with Gasteiger partial charge < -0.3 is 10.1 Å². The summed E-state index contributed by atoms with van der Waals surface area (Å²) in [6.07, 6.45) is 3.62. The van der Waals surface area contributed by atoms with Crippen molar-refractivity contribution in [3.8, 4) is 0 Å². The Morgan fingerprint density at radius 1 is 1.22 bits per heavy atom. The van der Waals surface area contributed by atoms with Gasteiger partial charge in [0.1, 0.15) is 11.4 Å². The van der Waals surface area contributed by atoms with Crippen molar-refractivity contribution in [3.63, 3.8) is 0 Å². The van der Waals surface area contributed by atoms with Crippen LogP contribution in [0.1, 0.15) is 60.3 Å². The van der Waals surface area contributed by atoms with E-state index in [-0.39, 0.29) is 5.69 Å². The average Bonchev–Trinajstić information content (AvgIpc) is 2.41. The average molecular weight is 324 g/mol. The van der Waals surface area contributed by atoms with Crippen LogP contribution in [0.2, 0.25) is 0 Å². The normalized spacial score (nSPS) is 11.4. The second-order valence-electron chi connectivity index (χ2n) is 6.74. The second-order valence-corrected chi connectivity index (χ2v) is 6.74. The number of rotatable bonds is 7. The summed E-state index contributed by atoms with van der Waals surface area (Å²) in [5, 5.41) is 5.88. The Morgan fingerprint density at radius 2 is 1.83 bits per heavy atom. The zero-order chi connectivity index (χ0) is 17.5. The van der Waals surface area contributed by atoms with Gasteiger partial charge in [0, 0.05) is 11.7 Å². The lowest BCUT2D eigenvalue weighted by Gasteiger charge is -2.21. The van der Waals surface area contributed by atoms with Crippen molar-refractivity contribution in [1.82, 2.24) is 0 Å². The lowest BCUT2D eigenvalue weighted by Crippen LogP contribution is -2.27. The van der Waals surface area contributed by atoms with Gasteiger partial charge in [0.05, 0.1) is 5.69 Å². The van der Waals surface area contributed by atoms with Gasteiger partial charge in [0.2, 0.25) is 0 Å². The standard InChI is InChI=1S/C18H29FN2O2/c1-6-8-13(9-7-2)20-14-10-11-15(19)16(12-14)21-17(22)23-18(3,4)5/h10-13,20H,6-9H2,1-5H3,(H,21,22). The zero-order valence-electron chi connectivity index (χ0n) is 14.8. The van der Waals surface area contributed by atoms with Crippen LogP contribution in [0, 0.1) is 5.82 Å². The monoisotopic (exact) mass is 324 g/mol. The molecular formula is C18H29FN2O2. The first-order valence-corrected chi connectivity index (χ1v) is 8.31. The predicted molar refractivity (Wildman–Crippen MR) is 93.5 cm³/mol. The Kier molecular flexibility index (Phi) is 7.33. The quantitative estimate of drug-likeness (QED) is 0.691. The highest BCUT2D eigenvalue weighted by Gasteiger charge is 2.18. The molecule has 4 nitrogen and oxygen atoms in total. The molecule has 5 heteroatoms. The molecule has 0 unspecified atom stereocenters. The van der Waals surface area contributed by atoms with Crippen molar-refractivity contribution in [2.24, 2.45) is 0 Å². The van der Waals surface area contributed by atoms with E-state index in [9.17, 15) is 9.18 Å². The van der Waals surface area contributed by atoms with Gasteiger partial charge in [-0.15, -0.1) is 0 Å². The number of ether oxygens (including phenoxy) is 1. The van der Waals surface area contributed by atoms with Crippen molar-refractivity contribution < 1.29 is 13.9 Å². The molecule has 0 spiro atoms. The van der Waals surface area contributed by atoms with Gasteiger partial charge in [0.25, 0.3) is 0 Å². The van der Waals surface area contributed by atoms with E-state index in [1.807, 2.05) is 0 Å². The first kappa shape index (κ1) is 19.3. The number of benzene rings is 1. The number of amides is 1. The molecule has 1 aromatic carbocycles. The van der Waals surface area contributed by atoms with E-state index in [0.29, 0.717) is 6.04 Å². The van der Waals surface area contributed by atoms with E-state index in [1.165, 1.54) is 6.07 Å². The van der Waals surface area contributed by atoms with Gasteiger partial charge >= 0.3 is 6.09 Å². The lowest BCUT2D eigenvalue weighted by molar-refractivity contribution is 0.0635. The van der Waals surface area contributed by atoms with Crippen LogP contribution in [0.4, 0.5) is 20.6 Å².